The predicted molar refractivity (Wildman–Crippen MR) is 46.3 cm³/mol. The molecule has 1 saturated heterocycles. The van der Waals surface area contributed by atoms with Crippen molar-refractivity contribution < 1.29 is 5.11 Å². The first-order valence-corrected chi connectivity index (χ1v) is 5.11. The van der Waals surface area contributed by atoms with Crippen molar-refractivity contribution in [1.29, 1.82) is 0 Å². The summed E-state index contributed by atoms with van der Waals surface area (Å²) in [6.45, 7) is 4.44. The van der Waals surface area contributed by atoms with Crippen LogP contribution in [-0.2, 0) is 0 Å². The molecule has 0 aromatic heterocycles. The van der Waals surface area contributed by atoms with Gasteiger partial charge >= 0.3 is 0 Å². The van der Waals surface area contributed by atoms with Crippen molar-refractivity contribution in [3.8, 4) is 0 Å². The quantitative estimate of drug-likeness (QED) is 0.664. The molecule has 60 valence electrons. The van der Waals surface area contributed by atoms with E-state index in [9.17, 15) is 5.11 Å². The summed E-state index contributed by atoms with van der Waals surface area (Å²) >= 11 is 1.88. The number of rotatable bonds is 2. The molecule has 0 bridgehead atoms. The Hall–Kier alpha value is 0.310. The lowest BCUT2D eigenvalue weighted by Crippen LogP contribution is -2.19. The summed E-state index contributed by atoms with van der Waals surface area (Å²) in [6.07, 6.45) is 1.17. The molecule has 0 aromatic carbocycles. The van der Waals surface area contributed by atoms with Crippen LogP contribution in [0.5, 0.6) is 0 Å². The van der Waals surface area contributed by atoms with E-state index in [4.69, 9.17) is 0 Å². The van der Waals surface area contributed by atoms with Gasteiger partial charge in [0, 0.05) is 5.75 Å². The molecule has 0 aliphatic carbocycles. The highest BCUT2D eigenvalue weighted by Crippen LogP contribution is 2.28. The fourth-order valence-corrected chi connectivity index (χ4v) is 2.73. The molecule has 1 N–H and O–H groups in total. The average Bonchev–Trinajstić information content (AvgIpc) is 2.15. The number of hydrogen-bond acceptors (Lipinski definition) is 2. The smallest absolute Gasteiger partial charge is 0.0666 e. The molecule has 10 heavy (non-hydrogen) atoms. The molecule has 0 radical (unpaired) electrons. The maximum atomic E-state index is 9.42. The van der Waals surface area contributed by atoms with E-state index in [1.807, 2.05) is 11.8 Å². The molecular weight excluding hydrogens is 144 g/mol. The summed E-state index contributed by atoms with van der Waals surface area (Å²) in [5, 5.41) is 9.42. The molecule has 1 nitrogen and oxygen atoms in total. The van der Waals surface area contributed by atoms with Gasteiger partial charge < -0.3 is 5.11 Å². The fourth-order valence-electron chi connectivity index (χ4n) is 1.42. The molecule has 1 aliphatic heterocycles. The highest BCUT2D eigenvalue weighted by molar-refractivity contribution is 7.99. The van der Waals surface area contributed by atoms with Gasteiger partial charge in [0.25, 0.3) is 0 Å². The molecule has 1 fully saturated rings. The molecule has 1 aliphatic rings. The maximum Gasteiger partial charge on any atom is 0.0666 e. The van der Waals surface area contributed by atoms with E-state index in [-0.39, 0.29) is 6.10 Å². The minimum absolute atomic E-state index is 0.0209. The molecule has 0 saturated carbocycles. The van der Waals surface area contributed by atoms with Crippen molar-refractivity contribution in [1.82, 2.24) is 0 Å². The van der Waals surface area contributed by atoms with Crippen LogP contribution in [0.15, 0.2) is 0 Å². The Labute approximate surface area is 67.2 Å². The second-order valence-electron chi connectivity index (χ2n) is 3.49. The first-order chi connectivity index (χ1) is 4.70. The van der Waals surface area contributed by atoms with Crippen LogP contribution in [-0.4, -0.2) is 22.7 Å². The third-order valence-corrected chi connectivity index (χ3v) is 3.18. The van der Waals surface area contributed by atoms with Crippen molar-refractivity contribution in [2.24, 2.45) is 11.8 Å². The summed E-state index contributed by atoms with van der Waals surface area (Å²) in [4.78, 5) is 0. The normalized spacial score (nSPS) is 33.6. The topological polar surface area (TPSA) is 20.2 Å². The molecule has 0 spiro atoms. The fraction of sp³-hybridized carbons (Fsp3) is 1.00. The van der Waals surface area contributed by atoms with E-state index in [1.165, 1.54) is 12.2 Å². The van der Waals surface area contributed by atoms with Crippen LogP contribution >= 0.6 is 11.8 Å². The van der Waals surface area contributed by atoms with Crippen LogP contribution in [0.2, 0.25) is 0 Å². The Bertz CT molecular complexity index is 103. The number of thioether (sulfide) groups is 1. The van der Waals surface area contributed by atoms with Crippen molar-refractivity contribution in [2.75, 3.05) is 11.5 Å². The van der Waals surface area contributed by atoms with Gasteiger partial charge in [0.05, 0.1) is 6.10 Å². The lowest BCUT2D eigenvalue weighted by atomic mass is 9.95. The van der Waals surface area contributed by atoms with E-state index in [0.717, 1.165) is 11.7 Å². The largest absolute Gasteiger partial charge is 0.392 e. The molecule has 2 unspecified atom stereocenters. The zero-order chi connectivity index (χ0) is 7.56. The molecular formula is C8H16OS. The number of aliphatic hydroxyl groups is 1. The highest BCUT2D eigenvalue weighted by atomic mass is 32.2. The van der Waals surface area contributed by atoms with Gasteiger partial charge in [0.2, 0.25) is 0 Å². The second-order valence-corrected chi connectivity index (χ2v) is 4.57. The monoisotopic (exact) mass is 160 g/mol. The van der Waals surface area contributed by atoms with Crippen molar-refractivity contribution >= 4 is 11.8 Å². The third kappa shape index (κ3) is 2.17. The number of aliphatic hydroxyl groups excluding tert-OH is 1. The molecule has 1 heterocycles. The van der Waals surface area contributed by atoms with Gasteiger partial charge in [0.15, 0.2) is 0 Å². The van der Waals surface area contributed by atoms with Crippen LogP contribution < -0.4 is 0 Å². The van der Waals surface area contributed by atoms with Crippen LogP contribution in [0.3, 0.4) is 0 Å². The Morgan fingerprint density at radius 2 is 2.20 bits per heavy atom. The summed E-state index contributed by atoms with van der Waals surface area (Å²) in [5.74, 6) is 3.43. The van der Waals surface area contributed by atoms with Gasteiger partial charge in [-0.2, -0.15) is 11.8 Å². The van der Waals surface area contributed by atoms with Crippen molar-refractivity contribution in [3.63, 3.8) is 0 Å². The van der Waals surface area contributed by atoms with Gasteiger partial charge in [-0.1, -0.05) is 13.8 Å². The van der Waals surface area contributed by atoms with Gasteiger partial charge in [-0.15, -0.1) is 0 Å². The maximum absolute atomic E-state index is 9.42. The first kappa shape index (κ1) is 8.41. The molecule has 1 rings (SSSR count). The van der Waals surface area contributed by atoms with Crippen LogP contribution in [0, 0.1) is 11.8 Å². The highest BCUT2D eigenvalue weighted by Gasteiger charge is 2.25. The second kappa shape index (κ2) is 3.63. The Morgan fingerprint density at radius 3 is 2.60 bits per heavy atom. The van der Waals surface area contributed by atoms with Crippen LogP contribution in [0.4, 0.5) is 0 Å². The zero-order valence-electron chi connectivity index (χ0n) is 6.71. The molecule has 0 amide bonds. The van der Waals surface area contributed by atoms with E-state index in [0.29, 0.717) is 5.92 Å². The van der Waals surface area contributed by atoms with E-state index in [1.54, 1.807) is 0 Å². The molecule has 2 heteroatoms. The van der Waals surface area contributed by atoms with Gasteiger partial charge in [0.1, 0.15) is 0 Å². The lowest BCUT2D eigenvalue weighted by Gasteiger charge is -2.14. The van der Waals surface area contributed by atoms with Crippen LogP contribution in [0.25, 0.3) is 0 Å². The third-order valence-electron chi connectivity index (χ3n) is 1.94. The van der Waals surface area contributed by atoms with Gasteiger partial charge in [-0.25, -0.2) is 0 Å². The Balaban J connectivity index is 2.26. The summed E-state index contributed by atoms with van der Waals surface area (Å²) in [7, 11) is 0. The van der Waals surface area contributed by atoms with Gasteiger partial charge in [-0.05, 0) is 24.0 Å². The SMILES string of the molecule is CC(C)CC1CSCC1O. The Morgan fingerprint density at radius 1 is 1.50 bits per heavy atom. The Kier molecular flexibility index (Phi) is 3.05. The van der Waals surface area contributed by atoms with Crippen molar-refractivity contribution in [2.45, 2.75) is 26.4 Å². The summed E-state index contributed by atoms with van der Waals surface area (Å²) in [5.41, 5.74) is 0. The zero-order valence-corrected chi connectivity index (χ0v) is 7.53. The lowest BCUT2D eigenvalue weighted by molar-refractivity contribution is 0.137. The van der Waals surface area contributed by atoms with E-state index >= 15 is 0 Å². The molecule has 2 atom stereocenters. The standard InChI is InChI=1S/C8H16OS/c1-6(2)3-7-4-10-5-8(7)9/h6-9H,3-5H2,1-2H3. The van der Waals surface area contributed by atoms with Crippen LogP contribution in [0.1, 0.15) is 20.3 Å². The van der Waals surface area contributed by atoms with Crippen molar-refractivity contribution in [3.05, 3.63) is 0 Å². The van der Waals surface area contributed by atoms with E-state index in [2.05, 4.69) is 13.8 Å². The summed E-state index contributed by atoms with van der Waals surface area (Å²) in [6, 6.07) is 0. The molecule has 0 aromatic rings. The first-order valence-electron chi connectivity index (χ1n) is 3.96. The number of hydrogen-bond donors (Lipinski definition) is 1. The summed E-state index contributed by atoms with van der Waals surface area (Å²) < 4.78 is 0. The minimum Gasteiger partial charge on any atom is -0.392 e. The van der Waals surface area contributed by atoms with E-state index < -0.39 is 0 Å². The average molecular weight is 160 g/mol. The predicted octanol–water partition coefficient (Wildman–Crippen LogP) is 1.76. The van der Waals surface area contributed by atoms with Gasteiger partial charge in [-0.3, -0.25) is 0 Å². The minimum atomic E-state index is -0.0209.